The minimum absolute atomic E-state index is 0.156. The highest BCUT2D eigenvalue weighted by atomic mass is 19.1. The summed E-state index contributed by atoms with van der Waals surface area (Å²) < 4.78 is 13.2. The van der Waals surface area contributed by atoms with Crippen LogP contribution in [0.3, 0.4) is 0 Å². The molecule has 2 fully saturated rings. The summed E-state index contributed by atoms with van der Waals surface area (Å²) in [5, 5.41) is 20.0. The number of aliphatic hydroxyl groups excluding tert-OH is 2. The highest BCUT2D eigenvalue weighted by Crippen LogP contribution is 2.36. The van der Waals surface area contributed by atoms with Crippen molar-refractivity contribution < 1.29 is 14.6 Å². The van der Waals surface area contributed by atoms with E-state index in [1.807, 2.05) is 0 Å². The van der Waals surface area contributed by atoms with Crippen molar-refractivity contribution in [1.82, 2.24) is 4.90 Å². The van der Waals surface area contributed by atoms with Crippen LogP contribution < -0.4 is 0 Å². The third kappa shape index (κ3) is 2.87. The van der Waals surface area contributed by atoms with Crippen LogP contribution in [0.25, 0.3) is 0 Å². The summed E-state index contributed by atoms with van der Waals surface area (Å²) >= 11 is 0. The minimum atomic E-state index is -0.614. The van der Waals surface area contributed by atoms with Crippen LogP contribution in [-0.2, 0) is 0 Å². The van der Waals surface area contributed by atoms with Crippen LogP contribution in [0.2, 0.25) is 0 Å². The lowest BCUT2D eigenvalue weighted by Crippen LogP contribution is -2.45. The first kappa shape index (κ1) is 14.0. The van der Waals surface area contributed by atoms with Crippen LogP contribution in [-0.4, -0.2) is 39.8 Å². The number of piperidine rings is 1. The van der Waals surface area contributed by atoms with E-state index in [0.717, 1.165) is 32.2 Å². The Morgan fingerprint density at radius 3 is 2.60 bits per heavy atom. The number of fused-ring (bicyclic) bond motifs is 2. The first-order valence-corrected chi connectivity index (χ1v) is 7.51. The summed E-state index contributed by atoms with van der Waals surface area (Å²) in [6, 6.07) is 7.12. The van der Waals surface area contributed by atoms with Crippen LogP contribution in [0.4, 0.5) is 4.39 Å². The van der Waals surface area contributed by atoms with E-state index in [9.17, 15) is 14.6 Å². The second kappa shape index (κ2) is 5.80. The van der Waals surface area contributed by atoms with E-state index in [4.69, 9.17) is 0 Å². The van der Waals surface area contributed by atoms with Crippen LogP contribution in [0, 0.1) is 5.82 Å². The molecule has 3 nitrogen and oxygen atoms in total. The fourth-order valence-electron chi connectivity index (χ4n) is 3.76. The van der Waals surface area contributed by atoms with Crippen molar-refractivity contribution >= 4 is 0 Å². The molecule has 0 aliphatic carbocycles. The van der Waals surface area contributed by atoms with E-state index in [-0.39, 0.29) is 11.9 Å². The summed E-state index contributed by atoms with van der Waals surface area (Å²) in [4.78, 5) is 2.43. The summed E-state index contributed by atoms with van der Waals surface area (Å²) in [7, 11) is 0. The number of rotatable bonds is 4. The predicted molar refractivity (Wildman–Crippen MR) is 74.7 cm³/mol. The van der Waals surface area contributed by atoms with Gasteiger partial charge >= 0.3 is 0 Å². The van der Waals surface area contributed by atoms with Gasteiger partial charge in [-0.25, -0.2) is 4.39 Å². The van der Waals surface area contributed by atoms with Crippen LogP contribution in [0.15, 0.2) is 24.3 Å². The second-order valence-electron chi connectivity index (χ2n) is 6.11. The molecule has 2 saturated heterocycles. The van der Waals surface area contributed by atoms with Crippen molar-refractivity contribution in [3.05, 3.63) is 35.6 Å². The van der Waals surface area contributed by atoms with E-state index >= 15 is 0 Å². The molecule has 2 heterocycles. The number of nitrogens with zero attached hydrogens (tertiary/aromatic N) is 1. The Kier molecular flexibility index (Phi) is 4.06. The number of halogens is 1. The fraction of sp³-hybridized carbons (Fsp3) is 0.625. The molecule has 2 aliphatic rings. The third-order valence-electron chi connectivity index (χ3n) is 4.75. The molecule has 0 spiro atoms. The van der Waals surface area contributed by atoms with E-state index in [2.05, 4.69) is 4.90 Å². The van der Waals surface area contributed by atoms with Crippen molar-refractivity contribution in [1.29, 1.82) is 0 Å². The lowest BCUT2D eigenvalue weighted by Gasteiger charge is -2.37. The Bertz CT molecular complexity index is 454. The molecular weight excluding hydrogens is 257 g/mol. The van der Waals surface area contributed by atoms with Gasteiger partial charge in [-0.15, -0.1) is 0 Å². The lowest BCUT2D eigenvalue weighted by molar-refractivity contribution is 0.0266. The zero-order valence-electron chi connectivity index (χ0n) is 11.6. The van der Waals surface area contributed by atoms with Crippen LogP contribution in [0.1, 0.15) is 43.8 Å². The zero-order chi connectivity index (χ0) is 14.1. The molecule has 1 aromatic rings. The molecule has 2 aliphatic heterocycles. The summed E-state index contributed by atoms with van der Waals surface area (Å²) in [6.07, 6.45) is 3.86. The van der Waals surface area contributed by atoms with Gasteiger partial charge in [-0.1, -0.05) is 12.1 Å². The first-order valence-electron chi connectivity index (χ1n) is 7.51. The van der Waals surface area contributed by atoms with Gasteiger partial charge in [-0.05, 0) is 49.8 Å². The first-order chi connectivity index (χ1) is 9.63. The number of hydrogen-bond acceptors (Lipinski definition) is 3. The molecule has 1 aromatic carbocycles. The normalized spacial score (nSPS) is 31.4. The van der Waals surface area contributed by atoms with Crippen molar-refractivity contribution in [3.8, 4) is 0 Å². The maximum Gasteiger partial charge on any atom is 0.123 e. The van der Waals surface area contributed by atoms with Gasteiger partial charge < -0.3 is 10.2 Å². The molecule has 110 valence electrons. The van der Waals surface area contributed by atoms with Crippen LogP contribution >= 0.6 is 0 Å². The Labute approximate surface area is 119 Å². The van der Waals surface area contributed by atoms with E-state index < -0.39 is 6.10 Å². The van der Waals surface area contributed by atoms with E-state index in [1.54, 1.807) is 12.1 Å². The summed E-state index contributed by atoms with van der Waals surface area (Å²) in [6.45, 7) is 0.819. The average Bonchev–Trinajstić information content (AvgIpc) is 2.66. The van der Waals surface area contributed by atoms with Gasteiger partial charge in [0.1, 0.15) is 5.82 Å². The SMILES string of the molecule is OC1CC2CCC(C1)N2CCC(O)c1cccc(F)c1. The Morgan fingerprint density at radius 2 is 1.95 bits per heavy atom. The number of aliphatic hydroxyl groups is 2. The van der Waals surface area contributed by atoms with Gasteiger partial charge in [0.15, 0.2) is 0 Å². The summed E-state index contributed by atoms with van der Waals surface area (Å²) in [5.41, 5.74) is 0.648. The molecule has 0 radical (unpaired) electrons. The van der Waals surface area contributed by atoms with Gasteiger partial charge in [-0.2, -0.15) is 0 Å². The number of benzene rings is 1. The maximum absolute atomic E-state index is 13.2. The molecule has 3 unspecified atom stereocenters. The minimum Gasteiger partial charge on any atom is -0.393 e. The maximum atomic E-state index is 13.2. The standard InChI is InChI=1S/C16H22FNO2/c17-12-3-1-2-11(8-12)16(20)6-7-18-13-4-5-14(18)10-15(19)9-13/h1-3,8,13-16,19-20H,4-7,9-10H2. The third-order valence-corrected chi connectivity index (χ3v) is 4.75. The topological polar surface area (TPSA) is 43.7 Å². The molecular formula is C16H22FNO2. The largest absolute Gasteiger partial charge is 0.393 e. The summed E-state index contributed by atoms with van der Waals surface area (Å²) in [5.74, 6) is -0.303. The molecule has 20 heavy (non-hydrogen) atoms. The zero-order valence-corrected chi connectivity index (χ0v) is 11.6. The monoisotopic (exact) mass is 279 g/mol. The highest BCUT2D eigenvalue weighted by molar-refractivity contribution is 5.18. The lowest BCUT2D eigenvalue weighted by atomic mass is 9.98. The van der Waals surface area contributed by atoms with Gasteiger partial charge in [-0.3, -0.25) is 4.90 Å². The van der Waals surface area contributed by atoms with Crippen molar-refractivity contribution in [2.24, 2.45) is 0 Å². The van der Waals surface area contributed by atoms with Gasteiger partial charge in [0.2, 0.25) is 0 Å². The molecule has 3 atom stereocenters. The molecule has 3 rings (SSSR count). The second-order valence-corrected chi connectivity index (χ2v) is 6.11. The van der Waals surface area contributed by atoms with Crippen LogP contribution in [0.5, 0.6) is 0 Å². The smallest absolute Gasteiger partial charge is 0.123 e. The highest BCUT2D eigenvalue weighted by Gasteiger charge is 2.39. The van der Waals surface area contributed by atoms with Crippen molar-refractivity contribution in [2.45, 2.75) is 56.4 Å². The van der Waals surface area contributed by atoms with Gasteiger partial charge in [0.05, 0.1) is 12.2 Å². The molecule has 0 saturated carbocycles. The van der Waals surface area contributed by atoms with Crippen molar-refractivity contribution in [3.63, 3.8) is 0 Å². The molecule has 2 N–H and O–H groups in total. The average molecular weight is 279 g/mol. The quantitative estimate of drug-likeness (QED) is 0.888. The Hall–Kier alpha value is -0.970. The molecule has 2 bridgehead atoms. The molecule has 0 aromatic heterocycles. The van der Waals surface area contributed by atoms with E-state index in [0.29, 0.717) is 24.1 Å². The molecule has 4 heteroatoms. The predicted octanol–water partition coefficient (Wildman–Crippen LogP) is 2.24. The van der Waals surface area contributed by atoms with Gasteiger partial charge in [0.25, 0.3) is 0 Å². The molecule has 0 amide bonds. The Morgan fingerprint density at radius 1 is 1.25 bits per heavy atom. The van der Waals surface area contributed by atoms with E-state index in [1.165, 1.54) is 12.1 Å². The fourth-order valence-corrected chi connectivity index (χ4v) is 3.76. The van der Waals surface area contributed by atoms with Gasteiger partial charge in [0, 0.05) is 18.6 Å². The Balaban J connectivity index is 1.57. The van der Waals surface area contributed by atoms with Crippen molar-refractivity contribution in [2.75, 3.05) is 6.54 Å². The number of hydrogen-bond donors (Lipinski definition) is 2.